The number of nitrogens with one attached hydrogen (secondary N) is 1. The molecule has 19 heavy (non-hydrogen) atoms. The Kier molecular flexibility index (Phi) is 4.36. The molecule has 0 saturated carbocycles. The van der Waals surface area contributed by atoms with Crippen LogP contribution in [0.5, 0.6) is 0 Å². The van der Waals surface area contributed by atoms with Crippen molar-refractivity contribution in [2.45, 2.75) is 19.8 Å². The lowest BCUT2D eigenvalue weighted by Crippen LogP contribution is -2.18. The lowest BCUT2D eigenvalue weighted by Gasteiger charge is -2.07. The number of nitrogens with zero attached hydrogens (tertiary/aromatic N) is 2. The van der Waals surface area contributed by atoms with Crippen LogP contribution in [0.15, 0.2) is 26.0 Å². The quantitative estimate of drug-likeness (QED) is 0.847. The molecule has 2 rings (SSSR count). The summed E-state index contributed by atoms with van der Waals surface area (Å²) < 4.78 is 1.56. The molecule has 0 aliphatic rings. The topological polar surface area (TPSA) is 84.7 Å². The standard InChI is InChI=1S/C12H12Br2N4O/c1-2-3-7-10(15)17-11(18-12(7)19)9-8(14)4-6(13)5-16-9/h4-5H,2-3H2,1H3,(H3,15,17,18,19). The number of aromatic amines is 1. The van der Waals surface area contributed by atoms with E-state index in [4.69, 9.17) is 5.73 Å². The van der Waals surface area contributed by atoms with E-state index < -0.39 is 0 Å². The van der Waals surface area contributed by atoms with E-state index in [-0.39, 0.29) is 11.4 Å². The van der Waals surface area contributed by atoms with Crippen LogP contribution >= 0.6 is 31.9 Å². The molecule has 0 atom stereocenters. The van der Waals surface area contributed by atoms with E-state index in [0.29, 0.717) is 23.5 Å². The molecule has 0 fully saturated rings. The van der Waals surface area contributed by atoms with Gasteiger partial charge in [-0.3, -0.25) is 9.78 Å². The molecule has 0 aliphatic carbocycles. The normalized spacial score (nSPS) is 10.7. The van der Waals surface area contributed by atoms with Crippen molar-refractivity contribution < 1.29 is 0 Å². The molecule has 3 N–H and O–H groups in total. The second-order valence-corrected chi connectivity index (χ2v) is 5.78. The zero-order valence-corrected chi connectivity index (χ0v) is 13.4. The van der Waals surface area contributed by atoms with Crippen LogP contribution in [0.4, 0.5) is 5.82 Å². The molecular weight excluding hydrogens is 376 g/mol. The highest BCUT2D eigenvalue weighted by molar-refractivity contribution is 9.11. The predicted octanol–water partition coefficient (Wildman–Crippen LogP) is 2.89. The lowest BCUT2D eigenvalue weighted by molar-refractivity contribution is 0.890. The fourth-order valence-corrected chi connectivity index (χ4v) is 2.88. The molecule has 100 valence electrons. The summed E-state index contributed by atoms with van der Waals surface area (Å²) in [5.74, 6) is 0.624. The van der Waals surface area contributed by atoms with Crippen molar-refractivity contribution in [2.24, 2.45) is 0 Å². The molecular formula is C12H12Br2N4O. The second kappa shape index (κ2) is 5.83. The number of aromatic nitrogens is 3. The smallest absolute Gasteiger partial charge is 0.256 e. The Balaban J connectivity index is 2.55. The number of hydrogen-bond acceptors (Lipinski definition) is 4. The van der Waals surface area contributed by atoms with Crippen molar-refractivity contribution in [3.63, 3.8) is 0 Å². The molecule has 0 bridgehead atoms. The molecule has 0 radical (unpaired) electrons. The van der Waals surface area contributed by atoms with Crippen LogP contribution in [0.25, 0.3) is 11.5 Å². The van der Waals surface area contributed by atoms with Crippen LogP contribution in [0.3, 0.4) is 0 Å². The summed E-state index contributed by atoms with van der Waals surface area (Å²) in [6.07, 6.45) is 3.09. The van der Waals surface area contributed by atoms with Crippen LogP contribution in [0, 0.1) is 0 Å². The number of halogens is 2. The summed E-state index contributed by atoms with van der Waals surface area (Å²) >= 11 is 6.71. The third kappa shape index (κ3) is 3.03. The Labute approximate surface area is 126 Å². The summed E-state index contributed by atoms with van der Waals surface area (Å²) in [5.41, 5.74) is 6.71. The Bertz CT molecular complexity index is 669. The largest absolute Gasteiger partial charge is 0.383 e. The number of hydrogen-bond donors (Lipinski definition) is 2. The van der Waals surface area contributed by atoms with E-state index in [9.17, 15) is 4.79 Å². The number of rotatable bonds is 3. The summed E-state index contributed by atoms with van der Waals surface area (Å²) in [7, 11) is 0. The fraction of sp³-hybridized carbons (Fsp3) is 0.250. The van der Waals surface area contributed by atoms with E-state index >= 15 is 0 Å². The van der Waals surface area contributed by atoms with Crippen LogP contribution < -0.4 is 11.3 Å². The first-order chi connectivity index (χ1) is 9.02. The molecule has 0 spiro atoms. The number of nitrogens with two attached hydrogens (primary N) is 1. The van der Waals surface area contributed by atoms with Crippen LogP contribution in [-0.4, -0.2) is 15.0 Å². The Morgan fingerprint density at radius 3 is 2.74 bits per heavy atom. The van der Waals surface area contributed by atoms with Gasteiger partial charge in [0.25, 0.3) is 5.56 Å². The third-order valence-corrected chi connectivity index (χ3v) is 3.62. The molecule has 0 aromatic carbocycles. The van der Waals surface area contributed by atoms with E-state index in [1.165, 1.54) is 0 Å². The van der Waals surface area contributed by atoms with E-state index in [0.717, 1.165) is 15.4 Å². The number of nitrogen functional groups attached to an aromatic ring is 1. The molecule has 0 unspecified atom stereocenters. The van der Waals surface area contributed by atoms with Crippen LogP contribution in [0.2, 0.25) is 0 Å². The Hall–Kier alpha value is -1.21. The van der Waals surface area contributed by atoms with Crippen LogP contribution in [-0.2, 0) is 6.42 Å². The summed E-state index contributed by atoms with van der Waals surface area (Å²) in [5, 5.41) is 0. The summed E-state index contributed by atoms with van der Waals surface area (Å²) in [4.78, 5) is 23.1. The first-order valence-electron chi connectivity index (χ1n) is 5.73. The average Bonchev–Trinajstić information content (AvgIpc) is 2.33. The zero-order chi connectivity index (χ0) is 14.0. The maximum atomic E-state index is 12.0. The highest BCUT2D eigenvalue weighted by Gasteiger charge is 2.12. The number of H-pyrrole nitrogens is 1. The SMILES string of the molecule is CCCc1c(N)nc(-c2ncc(Br)cc2Br)[nH]c1=O. The van der Waals surface area contributed by atoms with Gasteiger partial charge in [-0.15, -0.1) is 0 Å². The van der Waals surface area contributed by atoms with Crippen molar-refractivity contribution >= 4 is 37.7 Å². The second-order valence-electron chi connectivity index (χ2n) is 4.01. The first-order valence-corrected chi connectivity index (χ1v) is 7.31. The van der Waals surface area contributed by atoms with Crippen molar-refractivity contribution in [1.82, 2.24) is 15.0 Å². The van der Waals surface area contributed by atoms with Gasteiger partial charge in [-0.05, 0) is 44.3 Å². The molecule has 7 heteroatoms. The Morgan fingerprint density at radius 1 is 1.42 bits per heavy atom. The zero-order valence-electron chi connectivity index (χ0n) is 10.2. The molecule has 2 heterocycles. The summed E-state index contributed by atoms with van der Waals surface area (Å²) in [6, 6.07) is 1.83. The van der Waals surface area contributed by atoms with Gasteiger partial charge >= 0.3 is 0 Å². The van der Waals surface area contributed by atoms with E-state index in [2.05, 4.69) is 46.8 Å². The predicted molar refractivity (Wildman–Crippen MR) is 81.9 cm³/mol. The third-order valence-electron chi connectivity index (χ3n) is 2.58. The van der Waals surface area contributed by atoms with Gasteiger partial charge in [-0.25, -0.2) is 4.98 Å². The highest BCUT2D eigenvalue weighted by atomic mass is 79.9. The lowest BCUT2D eigenvalue weighted by atomic mass is 10.2. The van der Waals surface area contributed by atoms with Gasteiger partial charge in [0.2, 0.25) is 0 Å². The van der Waals surface area contributed by atoms with Gasteiger partial charge in [0.1, 0.15) is 11.5 Å². The molecule has 5 nitrogen and oxygen atoms in total. The maximum Gasteiger partial charge on any atom is 0.256 e. The molecule has 2 aromatic rings. The number of anilines is 1. The van der Waals surface area contributed by atoms with Crippen molar-refractivity contribution in [3.8, 4) is 11.5 Å². The molecule has 0 amide bonds. The van der Waals surface area contributed by atoms with Gasteiger partial charge in [0, 0.05) is 15.1 Å². The van der Waals surface area contributed by atoms with Gasteiger partial charge < -0.3 is 10.7 Å². The minimum absolute atomic E-state index is 0.207. The minimum atomic E-state index is -0.207. The van der Waals surface area contributed by atoms with E-state index in [1.807, 2.05) is 13.0 Å². The number of pyridine rings is 1. The van der Waals surface area contributed by atoms with E-state index in [1.54, 1.807) is 6.20 Å². The molecule has 0 saturated heterocycles. The summed E-state index contributed by atoms with van der Waals surface area (Å²) in [6.45, 7) is 1.99. The van der Waals surface area contributed by atoms with Crippen molar-refractivity contribution in [1.29, 1.82) is 0 Å². The monoisotopic (exact) mass is 386 g/mol. The van der Waals surface area contributed by atoms with Gasteiger partial charge in [-0.1, -0.05) is 13.3 Å². The first kappa shape index (κ1) is 14.2. The fourth-order valence-electron chi connectivity index (χ4n) is 1.71. The van der Waals surface area contributed by atoms with Crippen LogP contribution in [0.1, 0.15) is 18.9 Å². The van der Waals surface area contributed by atoms with Gasteiger partial charge in [0.15, 0.2) is 5.82 Å². The van der Waals surface area contributed by atoms with Gasteiger partial charge in [0.05, 0.1) is 5.56 Å². The minimum Gasteiger partial charge on any atom is -0.383 e. The maximum absolute atomic E-state index is 12.0. The Morgan fingerprint density at radius 2 is 2.16 bits per heavy atom. The molecule has 0 aliphatic heterocycles. The average molecular weight is 388 g/mol. The van der Waals surface area contributed by atoms with Crippen molar-refractivity contribution in [3.05, 3.63) is 37.1 Å². The highest BCUT2D eigenvalue weighted by Crippen LogP contribution is 2.26. The van der Waals surface area contributed by atoms with Gasteiger partial charge in [-0.2, -0.15) is 0 Å². The van der Waals surface area contributed by atoms with Crippen molar-refractivity contribution in [2.75, 3.05) is 5.73 Å². The molecule has 2 aromatic heterocycles.